The summed E-state index contributed by atoms with van der Waals surface area (Å²) in [7, 11) is 0. The zero-order chi connectivity index (χ0) is 17.3. The van der Waals surface area contributed by atoms with Crippen LogP contribution in [0.4, 0.5) is 0 Å². The average molecular weight is 331 g/mol. The summed E-state index contributed by atoms with van der Waals surface area (Å²) in [6, 6.07) is 3.37. The molecule has 3 heterocycles. The number of carbonyl (C=O) groups is 2. The van der Waals surface area contributed by atoms with Crippen LogP contribution in [0.1, 0.15) is 71.0 Å². The minimum Gasteiger partial charge on any atom is -0.364 e. The quantitative estimate of drug-likeness (QED) is 0.883. The first kappa shape index (κ1) is 16.2. The van der Waals surface area contributed by atoms with E-state index in [4.69, 9.17) is 10.3 Å². The molecular weight excluding hydrogens is 310 g/mol. The molecule has 0 unspecified atom stereocenters. The Kier molecular flexibility index (Phi) is 4.37. The molecule has 0 radical (unpaired) electrons. The fourth-order valence-electron chi connectivity index (χ4n) is 2.91. The summed E-state index contributed by atoms with van der Waals surface area (Å²) < 4.78 is 5.19. The van der Waals surface area contributed by atoms with E-state index in [1.807, 2.05) is 13.8 Å². The molecule has 1 atom stereocenters. The zero-order valence-corrected chi connectivity index (χ0v) is 13.8. The zero-order valence-electron chi connectivity index (χ0n) is 13.8. The van der Waals surface area contributed by atoms with Crippen molar-refractivity contribution in [1.29, 1.82) is 0 Å². The number of nitrogens with two attached hydrogens (primary N) is 1. The largest absolute Gasteiger partial charge is 0.364 e. The molecule has 0 aromatic carbocycles. The molecule has 2 aromatic rings. The summed E-state index contributed by atoms with van der Waals surface area (Å²) in [5, 5.41) is 10.7. The lowest BCUT2D eigenvalue weighted by Crippen LogP contribution is -2.39. The molecule has 3 N–H and O–H groups in total. The van der Waals surface area contributed by atoms with Crippen molar-refractivity contribution in [2.24, 2.45) is 5.73 Å². The Morgan fingerprint density at radius 1 is 1.42 bits per heavy atom. The first-order valence-electron chi connectivity index (χ1n) is 8.06. The molecule has 0 spiro atoms. The van der Waals surface area contributed by atoms with Gasteiger partial charge in [0.2, 0.25) is 5.76 Å². The SMILES string of the molecule is CC(C)c1cc(C(=O)N2CCC[C@H](c3cc(C(N)=O)n[nH]3)C2)on1. The highest BCUT2D eigenvalue weighted by Crippen LogP contribution is 2.27. The van der Waals surface area contributed by atoms with Crippen LogP contribution in [0.5, 0.6) is 0 Å². The van der Waals surface area contributed by atoms with Crippen LogP contribution in [0, 0.1) is 0 Å². The van der Waals surface area contributed by atoms with Gasteiger partial charge in [-0.2, -0.15) is 5.10 Å². The second-order valence-corrected chi connectivity index (χ2v) is 6.43. The predicted molar refractivity (Wildman–Crippen MR) is 85.6 cm³/mol. The van der Waals surface area contributed by atoms with Crippen molar-refractivity contribution in [1.82, 2.24) is 20.3 Å². The van der Waals surface area contributed by atoms with Gasteiger partial charge in [0, 0.05) is 30.8 Å². The maximum atomic E-state index is 12.6. The van der Waals surface area contributed by atoms with E-state index >= 15 is 0 Å². The van der Waals surface area contributed by atoms with Crippen LogP contribution in [-0.4, -0.2) is 45.2 Å². The van der Waals surface area contributed by atoms with Gasteiger partial charge in [0.1, 0.15) is 5.69 Å². The maximum Gasteiger partial charge on any atom is 0.292 e. The van der Waals surface area contributed by atoms with E-state index < -0.39 is 5.91 Å². The van der Waals surface area contributed by atoms with E-state index in [-0.39, 0.29) is 29.2 Å². The van der Waals surface area contributed by atoms with Gasteiger partial charge in [0.15, 0.2) is 0 Å². The topological polar surface area (TPSA) is 118 Å². The number of aromatic amines is 1. The molecule has 0 aliphatic carbocycles. The number of likely N-dealkylation sites (tertiary alicyclic amines) is 1. The Balaban J connectivity index is 1.72. The van der Waals surface area contributed by atoms with Crippen molar-refractivity contribution in [2.45, 2.75) is 38.5 Å². The molecule has 1 aliphatic rings. The van der Waals surface area contributed by atoms with E-state index in [1.165, 1.54) is 0 Å². The van der Waals surface area contributed by atoms with Crippen LogP contribution in [0.25, 0.3) is 0 Å². The highest BCUT2D eigenvalue weighted by atomic mass is 16.5. The van der Waals surface area contributed by atoms with Crippen molar-refractivity contribution in [3.63, 3.8) is 0 Å². The standard InChI is InChI=1S/C16H21N5O3/c1-9(2)11-7-14(24-20-11)16(23)21-5-3-4-10(8-21)12-6-13(15(17)22)19-18-12/h6-7,9-10H,3-5,8H2,1-2H3,(H2,17,22)(H,18,19)/t10-/m0/s1. The first-order valence-corrected chi connectivity index (χ1v) is 8.06. The van der Waals surface area contributed by atoms with Crippen LogP contribution >= 0.6 is 0 Å². The molecule has 2 aromatic heterocycles. The minimum atomic E-state index is -0.566. The molecular formula is C16H21N5O3. The number of hydrogen-bond donors (Lipinski definition) is 2. The van der Waals surface area contributed by atoms with Gasteiger partial charge in [0.05, 0.1) is 5.69 Å². The average Bonchev–Trinajstić information content (AvgIpc) is 3.24. The molecule has 0 bridgehead atoms. The Bertz CT molecular complexity index is 748. The van der Waals surface area contributed by atoms with Crippen LogP contribution < -0.4 is 5.73 Å². The van der Waals surface area contributed by atoms with Gasteiger partial charge in [-0.3, -0.25) is 14.7 Å². The summed E-state index contributed by atoms with van der Waals surface area (Å²) >= 11 is 0. The van der Waals surface area contributed by atoms with Crippen molar-refractivity contribution in [3.05, 3.63) is 35.0 Å². The maximum absolute atomic E-state index is 12.6. The van der Waals surface area contributed by atoms with Gasteiger partial charge in [-0.05, 0) is 24.8 Å². The number of nitrogens with one attached hydrogen (secondary N) is 1. The third-order valence-corrected chi connectivity index (χ3v) is 4.33. The Morgan fingerprint density at radius 3 is 2.83 bits per heavy atom. The number of carbonyl (C=O) groups excluding carboxylic acids is 2. The number of primary amides is 1. The first-order chi connectivity index (χ1) is 11.5. The predicted octanol–water partition coefficient (Wildman–Crippen LogP) is 1.64. The number of piperidine rings is 1. The number of hydrogen-bond acceptors (Lipinski definition) is 5. The molecule has 2 amide bonds. The van der Waals surface area contributed by atoms with E-state index in [0.29, 0.717) is 13.1 Å². The summed E-state index contributed by atoms with van der Waals surface area (Å²) in [4.78, 5) is 25.5. The minimum absolute atomic E-state index is 0.0933. The molecule has 1 aliphatic heterocycles. The van der Waals surface area contributed by atoms with Gasteiger partial charge < -0.3 is 15.2 Å². The van der Waals surface area contributed by atoms with Crippen molar-refractivity contribution >= 4 is 11.8 Å². The molecule has 8 nitrogen and oxygen atoms in total. The molecule has 8 heteroatoms. The second kappa shape index (κ2) is 6.46. The Labute approximate surface area is 139 Å². The fourth-order valence-corrected chi connectivity index (χ4v) is 2.91. The molecule has 128 valence electrons. The third-order valence-electron chi connectivity index (χ3n) is 4.33. The summed E-state index contributed by atoms with van der Waals surface area (Å²) in [6.07, 6.45) is 1.78. The van der Waals surface area contributed by atoms with Crippen molar-refractivity contribution in [2.75, 3.05) is 13.1 Å². The summed E-state index contributed by atoms with van der Waals surface area (Å²) in [5.41, 5.74) is 7.03. The highest BCUT2D eigenvalue weighted by molar-refractivity contribution is 5.92. The number of nitrogens with zero attached hydrogens (tertiary/aromatic N) is 3. The highest BCUT2D eigenvalue weighted by Gasteiger charge is 2.29. The Morgan fingerprint density at radius 2 is 2.21 bits per heavy atom. The van der Waals surface area contributed by atoms with E-state index in [9.17, 15) is 9.59 Å². The normalized spacial score (nSPS) is 18.1. The van der Waals surface area contributed by atoms with E-state index in [1.54, 1.807) is 17.0 Å². The molecule has 3 rings (SSSR count). The number of aromatic nitrogens is 3. The van der Waals surface area contributed by atoms with Crippen LogP contribution in [0.15, 0.2) is 16.7 Å². The van der Waals surface area contributed by atoms with Gasteiger partial charge >= 0.3 is 0 Å². The van der Waals surface area contributed by atoms with Crippen molar-refractivity contribution < 1.29 is 14.1 Å². The summed E-state index contributed by atoms with van der Waals surface area (Å²) in [5.74, 6) is -0.156. The lowest BCUT2D eigenvalue weighted by atomic mass is 9.94. The monoisotopic (exact) mass is 331 g/mol. The van der Waals surface area contributed by atoms with Crippen molar-refractivity contribution in [3.8, 4) is 0 Å². The van der Waals surface area contributed by atoms with Gasteiger partial charge in [-0.1, -0.05) is 19.0 Å². The van der Waals surface area contributed by atoms with Gasteiger partial charge in [-0.25, -0.2) is 0 Å². The molecule has 1 fully saturated rings. The number of H-pyrrole nitrogens is 1. The molecule has 0 saturated carbocycles. The lowest BCUT2D eigenvalue weighted by Gasteiger charge is -2.31. The summed E-state index contributed by atoms with van der Waals surface area (Å²) in [6.45, 7) is 5.20. The van der Waals surface area contributed by atoms with Crippen LogP contribution in [0.2, 0.25) is 0 Å². The third kappa shape index (κ3) is 3.17. The van der Waals surface area contributed by atoms with Crippen LogP contribution in [0.3, 0.4) is 0 Å². The second-order valence-electron chi connectivity index (χ2n) is 6.43. The van der Waals surface area contributed by atoms with E-state index in [2.05, 4.69) is 15.4 Å². The van der Waals surface area contributed by atoms with Crippen LogP contribution in [-0.2, 0) is 0 Å². The fraction of sp³-hybridized carbons (Fsp3) is 0.500. The molecule has 24 heavy (non-hydrogen) atoms. The van der Waals surface area contributed by atoms with Gasteiger partial charge in [0.25, 0.3) is 11.8 Å². The molecule has 1 saturated heterocycles. The lowest BCUT2D eigenvalue weighted by molar-refractivity contribution is 0.0663. The smallest absolute Gasteiger partial charge is 0.292 e. The number of rotatable bonds is 4. The van der Waals surface area contributed by atoms with Gasteiger partial charge in [-0.15, -0.1) is 0 Å². The van der Waals surface area contributed by atoms with E-state index in [0.717, 1.165) is 24.2 Å². The number of amides is 2. The Hall–Kier alpha value is -2.64.